The van der Waals surface area contributed by atoms with Crippen molar-refractivity contribution < 1.29 is 23.5 Å². The summed E-state index contributed by atoms with van der Waals surface area (Å²) in [7, 11) is 1.54. The van der Waals surface area contributed by atoms with Gasteiger partial charge in [-0.15, -0.1) is 0 Å². The van der Waals surface area contributed by atoms with Gasteiger partial charge in [0.25, 0.3) is 11.8 Å². The third kappa shape index (κ3) is 3.92. The van der Waals surface area contributed by atoms with Crippen LogP contribution in [0, 0.1) is 0 Å². The molecule has 0 aliphatic carbocycles. The van der Waals surface area contributed by atoms with Gasteiger partial charge in [-0.05, 0) is 53.6 Å². The first kappa shape index (κ1) is 22.6. The molecule has 0 radical (unpaired) electrons. The second kappa shape index (κ2) is 8.66. The van der Waals surface area contributed by atoms with Crippen LogP contribution >= 0.6 is 0 Å². The molecule has 4 aromatic rings. The van der Waals surface area contributed by atoms with Crippen molar-refractivity contribution in [3.8, 4) is 5.75 Å². The summed E-state index contributed by atoms with van der Waals surface area (Å²) >= 11 is 0. The summed E-state index contributed by atoms with van der Waals surface area (Å²) in [5.74, 6) is 0.757. The molecule has 2 aromatic carbocycles. The van der Waals surface area contributed by atoms with Gasteiger partial charge in [-0.1, -0.05) is 18.2 Å². The number of nitrogens with zero attached hydrogens (tertiary/aromatic N) is 2. The molecule has 0 bridgehead atoms. The fourth-order valence-corrected chi connectivity index (χ4v) is 4.81. The van der Waals surface area contributed by atoms with E-state index in [-0.39, 0.29) is 18.2 Å². The Hall–Kier alpha value is -4.86. The van der Waals surface area contributed by atoms with Crippen molar-refractivity contribution in [1.82, 2.24) is 20.5 Å². The van der Waals surface area contributed by atoms with Crippen LogP contribution < -0.4 is 20.7 Å². The number of aromatic nitrogens is 1. The minimum absolute atomic E-state index is 0.0890. The Morgan fingerprint density at radius 2 is 2.00 bits per heavy atom. The number of pyridine rings is 1. The van der Waals surface area contributed by atoms with E-state index in [4.69, 9.17) is 9.15 Å². The fourth-order valence-electron chi connectivity index (χ4n) is 4.81. The zero-order valence-corrected chi connectivity index (χ0v) is 19.9. The average molecular weight is 498 g/mol. The van der Waals surface area contributed by atoms with Crippen molar-refractivity contribution in [1.29, 1.82) is 0 Å². The highest BCUT2D eigenvalue weighted by Gasteiger charge is 2.53. The van der Waals surface area contributed by atoms with Crippen molar-refractivity contribution >= 4 is 34.6 Å². The molecule has 37 heavy (non-hydrogen) atoms. The number of amides is 4. The second-order valence-corrected chi connectivity index (χ2v) is 9.05. The summed E-state index contributed by atoms with van der Waals surface area (Å²) in [6.45, 7) is 0.751. The Morgan fingerprint density at radius 3 is 2.76 bits per heavy atom. The van der Waals surface area contributed by atoms with E-state index in [9.17, 15) is 14.4 Å². The van der Waals surface area contributed by atoms with E-state index >= 15 is 0 Å². The number of methoxy groups -OCH3 is 1. The molecule has 0 unspecified atom stereocenters. The van der Waals surface area contributed by atoms with Crippen LogP contribution in [-0.4, -0.2) is 41.4 Å². The maximum atomic E-state index is 13.2. The lowest BCUT2D eigenvalue weighted by atomic mass is 9.95. The smallest absolute Gasteiger partial charge is 0.322 e. The van der Waals surface area contributed by atoms with Gasteiger partial charge in [0.2, 0.25) is 0 Å². The van der Waals surface area contributed by atoms with E-state index in [0.29, 0.717) is 30.0 Å². The molecule has 4 heterocycles. The number of ether oxygens (including phenoxy) is 1. The van der Waals surface area contributed by atoms with Crippen LogP contribution in [0.4, 0.5) is 10.6 Å². The van der Waals surface area contributed by atoms with E-state index in [1.807, 2.05) is 42.5 Å². The fraction of sp³-hybridized carbons (Fsp3) is 0.185. The van der Waals surface area contributed by atoms with Crippen molar-refractivity contribution in [2.45, 2.75) is 18.6 Å². The van der Waals surface area contributed by atoms with Crippen molar-refractivity contribution in [2.75, 3.05) is 19.0 Å². The number of imide groups is 1. The highest BCUT2D eigenvalue weighted by molar-refractivity contribution is 6.08. The van der Waals surface area contributed by atoms with Gasteiger partial charge < -0.3 is 24.7 Å². The maximum Gasteiger partial charge on any atom is 0.322 e. The third-order valence-corrected chi connectivity index (χ3v) is 6.71. The van der Waals surface area contributed by atoms with Gasteiger partial charge in [-0.3, -0.25) is 14.9 Å². The highest BCUT2D eigenvalue weighted by atomic mass is 16.5. The van der Waals surface area contributed by atoms with Gasteiger partial charge in [-0.2, -0.15) is 0 Å². The van der Waals surface area contributed by atoms with Crippen molar-refractivity contribution in [3.63, 3.8) is 0 Å². The van der Waals surface area contributed by atoms with Gasteiger partial charge >= 0.3 is 6.03 Å². The Bertz CT molecular complexity index is 1550. The summed E-state index contributed by atoms with van der Waals surface area (Å²) in [4.78, 5) is 44.4. The average Bonchev–Trinajstić information content (AvgIpc) is 3.56. The van der Waals surface area contributed by atoms with E-state index in [0.717, 1.165) is 22.3 Å². The SMILES string of the molecule is COc1ccc2c(c1)C(=O)N(C[C@@]1(c3cc4cc(CNc5ccccn5)ccc4o3)NC(=O)NC1=O)C2. The summed E-state index contributed by atoms with van der Waals surface area (Å²) in [5.41, 5.74) is 1.31. The number of anilines is 1. The van der Waals surface area contributed by atoms with E-state index in [2.05, 4.69) is 20.9 Å². The van der Waals surface area contributed by atoms with E-state index in [1.54, 1.807) is 24.4 Å². The first-order chi connectivity index (χ1) is 17.9. The Kier molecular flexibility index (Phi) is 5.29. The molecule has 10 nitrogen and oxygen atoms in total. The Balaban J connectivity index is 1.30. The van der Waals surface area contributed by atoms with Crippen LogP contribution in [-0.2, 0) is 23.4 Å². The zero-order chi connectivity index (χ0) is 25.6. The van der Waals surface area contributed by atoms with Crippen LogP contribution in [0.2, 0.25) is 0 Å². The van der Waals surface area contributed by atoms with Gasteiger partial charge in [-0.25, -0.2) is 9.78 Å². The second-order valence-electron chi connectivity index (χ2n) is 9.05. The molecule has 10 heteroatoms. The number of furan rings is 1. The molecule has 1 saturated heterocycles. The highest BCUT2D eigenvalue weighted by Crippen LogP contribution is 2.35. The monoisotopic (exact) mass is 497 g/mol. The first-order valence-corrected chi connectivity index (χ1v) is 11.7. The summed E-state index contributed by atoms with van der Waals surface area (Å²) in [6.07, 6.45) is 1.72. The first-order valence-electron chi connectivity index (χ1n) is 11.7. The number of hydrogen-bond acceptors (Lipinski definition) is 7. The predicted molar refractivity (Wildman–Crippen MR) is 134 cm³/mol. The number of fused-ring (bicyclic) bond motifs is 2. The minimum atomic E-state index is -1.57. The molecule has 2 aliphatic heterocycles. The molecular formula is C27H23N5O5. The lowest BCUT2D eigenvalue weighted by Gasteiger charge is -2.29. The Labute approximate surface area is 211 Å². The largest absolute Gasteiger partial charge is 0.497 e. The number of carbonyl (C=O) groups is 3. The molecule has 3 N–H and O–H groups in total. The summed E-state index contributed by atoms with van der Waals surface area (Å²) in [5, 5.41) is 9.05. The van der Waals surface area contributed by atoms with Crippen LogP contribution in [0.5, 0.6) is 5.75 Å². The summed E-state index contributed by atoms with van der Waals surface area (Å²) < 4.78 is 11.3. The molecule has 6 rings (SSSR count). The molecule has 186 valence electrons. The number of rotatable bonds is 7. The van der Waals surface area contributed by atoms with Gasteiger partial charge in [0.1, 0.15) is 22.9 Å². The van der Waals surface area contributed by atoms with Crippen LogP contribution in [0.15, 0.2) is 71.3 Å². The van der Waals surface area contributed by atoms with E-state index < -0.39 is 17.5 Å². The number of urea groups is 1. The van der Waals surface area contributed by atoms with Gasteiger partial charge in [0.15, 0.2) is 5.54 Å². The van der Waals surface area contributed by atoms with Crippen molar-refractivity contribution in [3.05, 3.63) is 89.3 Å². The number of benzene rings is 2. The third-order valence-electron chi connectivity index (χ3n) is 6.71. The lowest BCUT2D eigenvalue weighted by Crippen LogP contribution is -2.52. The lowest BCUT2D eigenvalue weighted by molar-refractivity contribution is -0.125. The number of carbonyl (C=O) groups excluding carboxylic acids is 3. The predicted octanol–water partition coefficient (Wildman–Crippen LogP) is 3.14. The van der Waals surface area contributed by atoms with Crippen LogP contribution in [0.3, 0.4) is 0 Å². The molecule has 2 aliphatic rings. The Morgan fingerprint density at radius 1 is 1.11 bits per heavy atom. The molecule has 1 atom stereocenters. The quantitative estimate of drug-likeness (QED) is 0.335. The molecule has 2 aromatic heterocycles. The minimum Gasteiger partial charge on any atom is -0.497 e. The molecule has 0 spiro atoms. The number of hydrogen-bond donors (Lipinski definition) is 3. The molecule has 1 fully saturated rings. The number of nitrogens with one attached hydrogen (secondary N) is 3. The zero-order valence-electron chi connectivity index (χ0n) is 19.9. The maximum absolute atomic E-state index is 13.2. The topological polar surface area (TPSA) is 126 Å². The molecule has 4 amide bonds. The van der Waals surface area contributed by atoms with Gasteiger partial charge in [0.05, 0.1) is 13.7 Å². The van der Waals surface area contributed by atoms with Gasteiger partial charge in [0, 0.05) is 30.2 Å². The van der Waals surface area contributed by atoms with E-state index in [1.165, 1.54) is 12.0 Å². The van der Waals surface area contributed by atoms with Crippen LogP contribution in [0.25, 0.3) is 11.0 Å². The summed E-state index contributed by atoms with van der Waals surface area (Å²) in [6, 6.07) is 17.7. The molecular weight excluding hydrogens is 474 g/mol. The normalized spacial score (nSPS) is 18.6. The standard InChI is InChI=1S/C27H23N5O5/c1-36-19-7-6-17-14-32(24(33)20(17)12-19)15-27(25(34)30-26(35)31-27)22-11-18-10-16(5-8-21(18)37-22)13-29-23-4-2-3-9-28-23/h2-12H,13-15H2,1H3,(H,28,29)(H2,30,31,34,35)/t27-/m0/s1. The van der Waals surface area contributed by atoms with Crippen molar-refractivity contribution in [2.24, 2.45) is 0 Å². The molecule has 0 saturated carbocycles. The van der Waals surface area contributed by atoms with Crippen LogP contribution in [0.1, 0.15) is 27.2 Å².